The fourth-order valence-corrected chi connectivity index (χ4v) is 2.53. The Morgan fingerprint density at radius 1 is 1.31 bits per heavy atom. The lowest BCUT2D eigenvalue weighted by molar-refractivity contribution is 0.0795. The molecule has 4 heteroatoms. The van der Waals surface area contributed by atoms with Gasteiger partial charge < -0.3 is 10.1 Å². The molecule has 0 aliphatic heterocycles. The smallest absolute Gasteiger partial charge is 0.0900 e. The molecule has 1 aromatic heterocycles. The first-order valence-corrected chi connectivity index (χ1v) is 6.61. The summed E-state index contributed by atoms with van der Waals surface area (Å²) in [5.41, 5.74) is 1.17. The van der Waals surface area contributed by atoms with Crippen LogP contribution in [0.15, 0.2) is 0 Å². The molecule has 0 aliphatic carbocycles. The molecule has 92 valence electrons. The Labute approximate surface area is 102 Å². The highest BCUT2D eigenvalue weighted by Gasteiger charge is 2.12. The van der Waals surface area contributed by atoms with Crippen LogP contribution in [0.5, 0.6) is 0 Å². The van der Waals surface area contributed by atoms with E-state index in [9.17, 15) is 0 Å². The first kappa shape index (κ1) is 13.6. The van der Waals surface area contributed by atoms with Crippen LogP contribution in [-0.4, -0.2) is 24.2 Å². The largest absolute Gasteiger partial charge is 0.377 e. The third kappa shape index (κ3) is 4.20. The van der Waals surface area contributed by atoms with Gasteiger partial charge in [-0.3, -0.25) is 0 Å². The van der Waals surface area contributed by atoms with Crippen LogP contribution in [0.3, 0.4) is 0 Å². The van der Waals surface area contributed by atoms with Crippen LogP contribution < -0.4 is 5.32 Å². The van der Waals surface area contributed by atoms with Gasteiger partial charge >= 0.3 is 0 Å². The normalized spacial score (nSPS) is 13.4. The Morgan fingerprint density at radius 3 is 2.50 bits per heavy atom. The van der Waals surface area contributed by atoms with Crippen LogP contribution in [0.25, 0.3) is 0 Å². The third-order valence-electron chi connectivity index (χ3n) is 2.35. The van der Waals surface area contributed by atoms with Gasteiger partial charge in [-0.1, -0.05) is 0 Å². The van der Waals surface area contributed by atoms with Crippen LogP contribution in [0.1, 0.15) is 42.4 Å². The lowest BCUT2D eigenvalue weighted by Crippen LogP contribution is -2.25. The SMILES string of the molecule is Cc1nc(C(C)NCCOC(C)C)c(C)s1. The summed E-state index contributed by atoms with van der Waals surface area (Å²) in [6.45, 7) is 12.1. The summed E-state index contributed by atoms with van der Waals surface area (Å²) in [4.78, 5) is 5.85. The summed E-state index contributed by atoms with van der Waals surface area (Å²) in [5.74, 6) is 0. The Balaban J connectivity index is 2.35. The molecule has 0 saturated heterocycles. The van der Waals surface area contributed by atoms with E-state index in [0.717, 1.165) is 18.2 Å². The molecule has 0 aromatic carbocycles. The van der Waals surface area contributed by atoms with Crippen molar-refractivity contribution >= 4 is 11.3 Å². The van der Waals surface area contributed by atoms with Crippen LogP contribution in [0, 0.1) is 13.8 Å². The Kier molecular flexibility index (Phi) is 5.38. The summed E-state index contributed by atoms with van der Waals surface area (Å²) in [6, 6.07) is 0.306. The first-order chi connectivity index (χ1) is 7.50. The molecular formula is C12H22N2OS. The summed E-state index contributed by atoms with van der Waals surface area (Å²) in [7, 11) is 0. The van der Waals surface area contributed by atoms with E-state index in [-0.39, 0.29) is 0 Å². The number of rotatable bonds is 6. The number of hydrogen-bond donors (Lipinski definition) is 1. The summed E-state index contributed by atoms with van der Waals surface area (Å²) in [6.07, 6.45) is 0.306. The number of hydrogen-bond acceptors (Lipinski definition) is 4. The van der Waals surface area contributed by atoms with Gasteiger partial charge in [-0.2, -0.15) is 0 Å². The van der Waals surface area contributed by atoms with Gasteiger partial charge in [-0.25, -0.2) is 4.98 Å². The van der Waals surface area contributed by atoms with Crippen molar-refractivity contribution in [2.45, 2.75) is 46.8 Å². The fraction of sp³-hybridized carbons (Fsp3) is 0.750. The lowest BCUT2D eigenvalue weighted by Gasteiger charge is -2.13. The van der Waals surface area contributed by atoms with Crippen molar-refractivity contribution in [3.63, 3.8) is 0 Å². The van der Waals surface area contributed by atoms with Crippen molar-refractivity contribution in [2.75, 3.05) is 13.2 Å². The summed E-state index contributed by atoms with van der Waals surface area (Å²) in [5, 5.41) is 4.57. The van der Waals surface area contributed by atoms with Gasteiger partial charge in [0.25, 0.3) is 0 Å². The van der Waals surface area contributed by atoms with Crippen LogP contribution >= 0.6 is 11.3 Å². The molecular weight excluding hydrogens is 220 g/mol. The maximum atomic E-state index is 5.48. The van der Waals surface area contributed by atoms with Crippen molar-refractivity contribution in [2.24, 2.45) is 0 Å². The molecule has 0 fully saturated rings. The predicted octanol–water partition coefficient (Wildman–Crippen LogP) is 2.84. The minimum Gasteiger partial charge on any atom is -0.377 e. The van der Waals surface area contributed by atoms with E-state index >= 15 is 0 Å². The van der Waals surface area contributed by atoms with Gasteiger partial charge in [0.15, 0.2) is 0 Å². The number of nitrogens with one attached hydrogen (secondary N) is 1. The zero-order valence-corrected chi connectivity index (χ0v) is 11.6. The van der Waals surface area contributed by atoms with E-state index in [4.69, 9.17) is 4.74 Å². The van der Waals surface area contributed by atoms with Crippen molar-refractivity contribution in [3.8, 4) is 0 Å². The molecule has 1 heterocycles. The number of ether oxygens (including phenoxy) is 1. The second-order valence-electron chi connectivity index (χ2n) is 4.27. The standard InChI is InChI=1S/C12H22N2OS/c1-8(2)15-7-6-13-9(3)12-10(4)16-11(5)14-12/h8-9,13H,6-7H2,1-5H3. The van der Waals surface area contributed by atoms with E-state index in [1.165, 1.54) is 10.6 Å². The second-order valence-corrected chi connectivity index (χ2v) is 5.68. The Morgan fingerprint density at radius 2 is 2.00 bits per heavy atom. The molecule has 0 saturated carbocycles. The zero-order chi connectivity index (χ0) is 12.1. The fourth-order valence-electron chi connectivity index (χ4n) is 1.61. The average Bonchev–Trinajstić information content (AvgIpc) is 2.52. The number of nitrogens with zero attached hydrogens (tertiary/aromatic N) is 1. The number of aryl methyl sites for hydroxylation is 2. The maximum absolute atomic E-state index is 5.48. The highest BCUT2D eigenvalue weighted by atomic mass is 32.1. The molecule has 1 atom stereocenters. The Hall–Kier alpha value is -0.450. The molecule has 0 aliphatic rings. The summed E-state index contributed by atoms with van der Waals surface area (Å²) < 4.78 is 5.48. The minimum absolute atomic E-state index is 0.306. The average molecular weight is 242 g/mol. The van der Waals surface area contributed by atoms with E-state index in [0.29, 0.717) is 12.1 Å². The maximum Gasteiger partial charge on any atom is 0.0900 e. The monoisotopic (exact) mass is 242 g/mol. The molecule has 1 N–H and O–H groups in total. The van der Waals surface area contributed by atoms with Gasteiger partial charge in [0.2, 0.25) is 0 Å². The van der Waals surface area contributed by atoms with E-state index in [1.54, 1.807) is 11.3 Å². The molecule has 0 bridgehead atoms. The topological polar surface area (TPSA) is 34.2 Å². The summed E-state index contributed by atoms with van der Waals surface area (Å²) >= 11 is 1.76. The molecule has 0 radical (unpaired) electrons. The quantitative estimate of drug-likeness (QED) is 0.779. The molecule has 0 spiro atoms. The van der Waals surface area contributed by atoms with Gasteiger partial charge in [0, 0.05) is 17.5 Å². The van der Waals surface area contributed by atoms with Crippen molar-refractivity contribution in [3.05, 3.63) is 15.6 Å². The Bertz CT molecular complexity index is 323. The minimum atomic E-state index is 0.306. The molecule has 16 heavy (non-hydrogen) atoms. The predicted molar refractivity (Wildman–Crippen MR) is 69.1 cm³/mol. The first-order valence-electron chi connectivity index (χ1n) is 5.79. The van der Waals surface area contributed by atoms with Crippen LogP contribution in [0.4, 0.5) is 0 Å². The van der Waals surface area contributed by atoms with Crippen LogP contribution in [0.2, 0.25) is 0 Å². The van der Waals surface area contributed by atoms with Crippen LogP contribution in [-0.2, 0) is 4.74 Å². The zero-order valence-electron chi connectivity index (χ0n) is 10.8. The third-order valence-corrected chi connectivity index (χ3v) is 3.26. The highest BCUT2D eigenvalue weighted by molar-refractivity contribution is 7.11. The number of thiazole rings is 1. The van der Waals surface area contributed by atoms with E-state index < -0.39 is 0 Å². The molecule has 3 nitrogen and oxygen atoms in total. The van der Waals surface area contributed by atoms with Gasteiger partial charge in [0.1, 0.15) is 0 Å². The molecule has 1 unspecified atom stereocenters. The van der Waals surface area contributed by atoms with Gasteiger partial charge in [-0.05, 0) is 34.6 Å². The van der Waals surface area contributed by atoms with Gasteiger partial charge in [0.05, 0.1) is 23.4 Å². The number of aromatic nitrogens is 1. The lowest BCUT2D eigenvalue weighted by atomic mass is 10.2. The van der Waals surface area contributed by atoms with E-state index in [2.05, 4.69) is 44.9 Å². The molecule has 1 rings (SSSR count). The molecule has 1 aromatic rings. The van der Waals surface area contributed by atoms with Crippen molar-refractivity contribution < 1.29 is 4.74 Å². The van der Waals surface area contributed by atoms with Gasteiger partial charge in [-0.15, -0.1) is 11.3 Å². The van der Waals surface area contributed by atoms with E-state index in [1.807, 2.05) is 0 Å². The second kappa shape index (κ2) is 6.33. The molecule has 0 amide bonds. The van der Waals surface area contributed by atoms with Crippen molar-refractivity contribution in [1.29, 1.82) is 0 Å². The van der Waals surface area contributed by atoms with Crippen molar-refractivity contribution in [1.82, 2.24) is 10.3 Å². The highest BCUT2D eigenvalue weighted by Crippen LogP contribution is 2.22.